The van der Waals surface area contributed by atoms with Gasteiger partial charge in [0.2, 0.25) is 5.78 Å². The SMILES string of the molecule is O=C(O)c1cncc(C(=O)c2cccs2)c1. The lowest BCUT2D eigenvalue weighted by Crippen LogP contribution is -2.03. The normalized spacial score (nSPS) is 10.0. The number of rotatable bonds is 3. The molecule has 0 fully saturated rings. The summed E-state index contributed by atoms with van der Waals surface area (Å²) in [7, 11) is 0. The van der Waals surface area contributed by atoms with E-state index < -0.39 is 5.97 Å². The molecule has 0 spiro atoms. The van der Waals surface area contributed by atoms with Gasteiger partial charge in [-0.15, -0.1) is 11.3 Å². The second-order valence-electron chi connectivity index (χ2n) is 3.07. The molecule has 2 aromatic rings. The van der Waals surface area contributed by atoms with Crippen LogP contribution in [-0.2, 0) is 0 Å². The highest BCUT2D eigenvalue weighted by atomic mass is 32.1. The van der Waals surface area contributed by atoms with Crippen LogP contribution in [0.5, 0.6) is 0 Å². The third-order valence-corrected chi connectivity index (χ3v) is 2.86. The average Bonchev–Trinajstić information content (AvgIpc) is 2.81. The van der Waals surface area contributed by atoms with Gasteiger partial charge in [-0.3, -0.25) is 9.78 Å². The molecule has 4 nitrogen and oxygen atoms in total. The van der Waals surface area contributed by atoms with Crippen molar-refractivity contribution in [3.63, 3.8) is 0 Å². The molecular formula is C11H7NO3S. The Morgan fingerprint density at radius 2 is 2.00 bits per heavy atom. The Kier molecular flexibility index (Phi) is 2.78. The molecule has 0 aromatic carbocycles. The zero-order valence-electron chi connectivity index (χ0n) is 8.08. The smallest absolute Gasteiger partial charge is 0.337 e. The van der Waals surface area contributed by atoms with E-state index in [2.05, 4.69) is 4.98 Å². The van der Waals surface area contributed by atoms with E-state index in [0.29, 0.717) is 10.4 Å². The van der Waals surface area contributed by atoms with Gasteiger partial charge in [0.15, 0.2) is 0 Å². The Labute approximate surface area is 95.2 Å². The fourth-order valence-electron chi connectivity index (χ4n) is 1.23. The number of hydrogen-bond acceptors (Lipinski definition) is 4. The van der Waals surface area contributed by atoms with Gasteiger partial charge in [-0.2, -0.15) is 0 Å². The van der Waals surface area contributed by atoms with Crippen molar-refractivity contribution in [1.82, 2.24) is 4.98 Å². The Morgan fingerprint density at radius 1 is 1.25 bits per heavy atom. The number of aromatic carboxylic acids is 1. The van der Waals surface area contributed by atoms with Crippen LogP contribution in [0.3, 0.4) is 0 Å². The van der Waals surface area contributed by atoms with Crippen LogP contribution in [0.25, 0.3) is 0 Å². The number of carbonyl (C=O) groups is 2. The van der Waals surface area contributed by atoms with E-state index in [-0.39, 0.29) is 11.3 Å². The van der Waals surface area contributed by atoms with Gasteiger partial charge >= 0.3 is 5.97 Å². The minimum Gasteiger partial charge on any atom is -0.478 e. The lowest BCUT2D eigenvalue weighted by molar-refractivity contribution is 0.0696. The van der Waals surface area contributed by atoms with Crippen molar-refractivity contribution < 1.29 is 14.7 Å². The maximum Gasteiger partial charge on any atom is 0.337 e. The number of carboxylic acid groups (broad SMARTS) is 1. The number of pyridine rings is 1. The van der Waals surface area contributed by atoms with Gasteiger partial charge in [0.1, 0.15) is 0 Å². The second-order valence-corrected chi connectivity index (χ2v) is 4.02. The summed E-state index contributed by atoms with van der Waals surface area (Å²) in [6.45, 7) is 0. The van der Waals surface area contributed by atoms with Crippen molar-refractivity contribution in [2.45, 2.75) is 0 Å². The summed E-state index contributed by atoms with van der Waals surface area (Å²) in [5.41, 5.74) is 0.310. The molecule has 2 heterocycles. The molecule has 2 rings (SSSR count). The predicted octanol–water partition coefficient (Wildman–Crippen LogP) is 2.07. The molecule has 5 heteroatoms. The van der Waals surface area contributed by atoms with Crippen molar-refractivity contribution in [1.29, 1.82) is 0 Å². The van der Waals surface area contributed by atoms with Gasteiger partial charge in [0.05, 0.1) is 10.4 Å². The molecule has 0 bridgehead atoms. The van der Waals surface area contributed by atoms with Gasteiger partial charge < -0.3 is 5.11 Å². The van der Waals surface area contributed by atoms with Gasteiger partial charge in [0, 0.05) is 18.0 Å². The summed E-state index contributed by atoms with van der Waals surface area (Å²) >= 11 is 1.32. The molecular weight excluding hydrogens is 226 g/mol. The Hall–Kier alpha value is -2.01. The van der Waals surface area contributed by atoms with Crippen LogP contribution in [0, 0.1) is 0 Å². The number of hydrogen-bond donors (Lipinski definition) is 1. The van der Waals surface area contributed by atoms with E-state index >= 15 is 0 Å². The largest absolute Gasteiger partial charge is 0.478 e. The fraction of sp³-hybridized carbons (Fsp3) is 0. The first-order valence-corrected chi connectivity index (χ1v) is 5.33. The highest BCUT2D eigenvalue weighted by molar-refractivity contribution is 7.12. The predicted molar refractivity (Wildman–Crippen MR) is 58.9 cm³/mol. The zero-order chi connectivity index (χ0) is 11.5. The van der Waals surface area contributed by atoms with Crippen molar-refractivity contribution in [3.05, 3.63) is 52.0 Å². The molecule has 0 radical (unpaired) electrons. The molecule has 0 aliphatic heterocycles. The molecule has 0 aliphatic rings. The molecule has 0 saturated heterocycles. The number of nitrogens with zero attached hydrogens (tertiary/aromatic N) is 1. The molecule has 2 aromatic heterocycles. The first-order chi connectivity index (χ1) is 7.68. The maximum absolute atomic E-state index is 11.9. The van der Waals surface area contributed by atoms with Gasteiger partial charge in [0.25, 0.3) is 0 Å². The fourth-order valence-corrected chi connectivity index (χ4v) is 1.92. The lowest BCUT2D eigenvalue weighted by Gasteiger charge is -1.99. The monoisotopic (exact) mass is 233 g/mol. The number of thiophene rings is 1. The van der Waals surface area contributed by atoms with Crippen LogP contribution in [0.1, 0.15) is 25.6 Å². The molecule has 0 aliphatic carbocycles. The summed E-state index contributed by atoms with van der Waals surface area (Å²) in [6.07, 6.45) is 2.59. The van der Waals surface area contributed by atoms with E-state index in [4.69, 9.17) is 5.11 Å². The average molecular weight is 233 g/mol. The van der Waals surface area contributed by atoms with Crippen LogP contribution < -0.4 is 0 Å². The standard InChI is InChI=1S/C11H7NO3S/c13-10(9-2-1-3-16-9)7-4-8(11(14)15)6-12-5-7/h1-6H,(H,14,15). The zero-order valence-corrected chi connectivity index (χ0v) is 8.90. The molecule has 80 valence electrons. The molecule has 0 saturated carbocycles. The number of ketones is 1. The summed E-state index contributed by atoms with van der Waals surface area (Å²) in [5, 5.41) is 10.6. The third-order valence-electron chi connectivity index (χ3n) is 1.99. The van der Waals surface area contributed by atoms with Gasteiger partial charge in [-0.25, -0.2) is 4.79 Å². The lowest BCUT2D eigenvalue weighted by atomic mass is 10.1. The van der Waals surface area contributed by atoms with E-state index in [0.717, 1.165) is 0 Å². The molecule has 0 unspecified atom stereocenters. The first kappa shape index (κ1) is 10.5. The maximum atomic E-state index is 11.9. The third kappa shape index (κ3) is 1.99. The van der Waals surface area contributed by atoms with Crippen LogP contribution in [0.4, 0.5) is 0 Å². The van der Waals surface area contributed by atoms with Crippen LogP contribution in [-0.4, -0.2) is 21.8 Å². The number of aromatic nitrogens is 1. The van der Waals surface area contributed by atoms with Crippen molar-refractivity contribution >= 4 is 23.1 Å². The quantitative estimate of drug-likeness (QED) is 0.824. The second kappa shape index (κ2) is 4.24. The van der Waals surface area contributed by atoms with Crippen LogP contribution in [0.15, 0.2) is 36.0 Å². The summed E-state index contributed by atoms with van der Waals surface area (Å²) in [4.78, 5) is 26.9. The van der Waals surface area contributed by atoms with Gasteiger partial charge in [-0.05, 0) is 17.5 Å². The topological polar surface area (TPSA) is 67.3 Å². The van der Waals surface area contributed by atoms with Crippen molar-refractivity contribution in [2.75, 3.05) is 0 Å². The summed E-state index contributed by atoms with van der Waals surface area (Å²) in [6, 6.07) is 4.80. The van der Waals surface area contributed by atoms with E-state index in [1.807, 2.05) is 0 Å². The molecule has 0 amide bonds. The minimum absolute atomic E-state index is 0.0161. The molecule has 16 heavy (non-hydrogen) atoms. The summed E-state index contributed by atoms with van der Waals surface area (Å²) < 4.78 is 0. The van der Waals surface area contributed by atoms with Crippen LogP contribution in [0.2, 0.25) is 0 Å². The van der Waals surface area contributed by atoms with E-state index in [1.54, 1.807) is 17.5 Å². The minimum atomic E-state index is -1.09. The number of carbonyl (C=O) groups excluding carboxylic acids is 1. The Morgan fingerprint density at radius 3 is 2.62 bits per heavy atom. The van der Waals surface area contributed by atoms with Gasteiger partial charge in [-0.1, -0.05) is 6.07 Å². The Balaban J connectivity index is 2.38. The molecule has 0 atom stereocenters. The Bertz CT molecular complexity index is 534. The number of carboxylic acids is 1. The summed E-state index contributed by atoms with van der Waals surface area (Å²) in [5.74, 6) is -1.29. The highest BCUT2D eigenvalue weighted by Gasteiger charge is 2.12. The highest BCUT2D eigenvalue weighted by Crippen LogP contribution is 2.15. The first-order valence-electron chi connectivity index (χ1n) is 4.45. The van der Waals surface area contributed by atoms with Crippen LogP contribution >= 0.6 is 11.3 Å². The van der Waals surface area contributed by atoms with E-state index in [9.17, 15) is 9.59 Å². The van der Waals surface area contributed by atoms with E-state index in [1.165, 1.54) is 29.8 Å². The van der Waals surface area contributed by atoms with Crippen molar-refractivity contribution in [2.24, 2.45) is 0 Å². The van der Waals surface area contributed by atoms with Crippen molar-refractivity contribution in [3.8, 4) is 0 Å². The molecule has 1 N–H and O–H groups in total.